The first-order valence-corrected chi connectivity index (χ1v) is 7.32. The van der Waals surface area contributed by atoms with E-state index in [2.05, 4.69) is 11.1 Å². The van der Waals surface area contributed by atoms with Crippen LogP contribution in [-0.2, 0) is 0 Å². The molecule has 5 N–H and O–H groups in total. The number of nitrogen functional groups attached to an aromatic ring is 2. The molecule has 0 spiro atoms. The number of hydrogen-bond acceptors (Lipinski definition) is 4. The topological polar surface area (TPSA) is 88.8 Å². The molecule has 0 fully saturated rings. The smallest absolute Gasteiger partial charge is 0.124 e. The molecule has 23 heavy (non-hydrogen) atoms. The van der Waals surface area contributed by atoms with Crippen LogP contribution in [0, 0.1) is 12.3 Å². The summed E-state index contributed by atoms with van der Waals surface area (Å²) in [5.74, 6) is 0.480. The summed E-state index contributed by atoms with van der Waals surface area (Å²) in [6.45, 7) is 2.05. The third-order valence-electron chi connectivity index (χ3n) is 3.76. The molecule has 0 bridgehead atoms. The molecule has 0 atom stereocenters. The van der Waals surface area contributed by atoms with E-state index >= 15 is 0 Å². The number of benzene rings is 2. The van der Waals surface area contributed by atoms with Crippen molar-refractivity contribution < 1.29 is 0 Å². The average Bonchev–Trinajstić information content (AvgIpc) is 2.55. The van der Waals surface area contributed by atoms with Gasteiger partial charge in [-0.3, -0.25) is 0 Å². The second-order valence-electron chi connectivity index (χ2n) is 5.49. The molecular weight excluding hydrogens is 284 g/mol. The Kier molecular flexibility index (Phi) is 3.81. The van der Waals surface area contributed by atoms with Crippen molar-refractivity contribution in [2.75, 3.05) is 11.5 Å². The second-order valence-corrected chi connectivity index (χ2v) is 5.49. The van der Waals surface area contributed by atoms with Crippen LogP contribution in [0.5, 0.6) is 0 Å². The molecule has 0 aliphatic heterocycles. The van der Waals surface area contributed by atoms with Crippen LogP contribution in [0.25, 0.3) is 22.4 Å². The van der Waals surface area contributed by atoms with Crippen LogP contribution in [-0.4, -0.2) is 11.2 Å². The van der Waals surface area contributed by atoms with Crippen LogP contribution in [0.1, 0.15) is 11.1 Å². The van der Waals surface area contributed by atoms with E-state index in [9.17, 15) is 0 Å². The van der Waals surface area contributed by atoms with Crippen molar-refractivity contribution in [3.8, 4) is 22.4 Å². The van der Waals surface area contributed by atoms with E-state index in [-0.39, 0.29) is 0 Å². The van der Waals surface area contributed by atoms with Gasteiger partial charge in [-0.25, -0.2) is 4.98 Å². The molecule has 4 heteroatoms. The summed E-state index contributed by atoms with van der Waals surface area (Å²) in [4.78, 5) is 4.53. The average molecular weight is 302 g/mol. The molecule has 0 aliphatic carbocycles. The molecule has 1 aromatic heterocycles. The van der Waals surface area contributed by atoms with Gasteiger partial charge in [0, 0.05) is 28.6 Å². The molecule has 0 unspecified atom stereocenters. The van der Waals surface area contributed by atoms with Gasteiger partial charge in [0.05, 0.1) is 5.69 Å². The zero-order valence-electron chi connectivity index (χ0n) is 12.9. The van der Waals surface area contributed by atoms with E-state index in [0.717, 1.165) is 27.9 Å². The maximum atomic E-state index is 7.48. The zero-order chi connectivity index (χ0) is 16.4. The lowest BCUT2D eigenvalue weighted by atomic mass is 9.96. The van der Waals surface area contributed by atoms with Gasteiger partial charge in [0.2, 0.25) is 0 Å². The summed E-state index contributed by atoms with van der Waals surface area (Å²) in [5, 5.41) is 7.48. The quantitative estimate of drug-likeness (QED) is 0.506. The number of hydrogen-bond donors (Lipinski definition) is 3. The Morgan fingerprint density at radius 3 is 2.52 bits per heavy atom. The van der Waals surface area contributed by atoms with E-state index in [1.54, 1.807) is 6.07 Å². The van der Waals surface area contributed by atoms with E-state index in [4.69, 9.17) is 16.9 Å². The highest BCUT2D eigenvalue weighted by atomic mass is 14.8. The van der Waals surface area contributed by atoms with E-state index in [1.807, 2.05) is 49.4 Å². The SMILES string of the molecule is Cc1cccc(-c2nc(N)ccc2-c2ccc(N)c(C=N)c2)c1. The Morgan fingerprint density at radius 2 is 1.78 bits per heavy atom. The lowest BCUT2D eigenvalue weighted by Gasteiger charge is -2.12. The predicted octanol–water partition coefficient (Wildman–Crippen LogP) is 3.89. The fourth-order valence-electron chi connectivity index (χ4n) is 2.59. The molecule has 3 rings (SSSR count). The molecule has 114 valence electrons. The van der Waals surface area contributed by atoms with Crippen molar-refractivity contribution in [2.24, 2.45) is 0 Å². The maximum Gasteiger partial charge on any atom is 0.124 e. The Labute approximate surface area is 135 Å². The number of pyridine rings is 1. The minimum atomic E-state index is 0.480. The van der Waals surface area contributed by atoms with Crippen molar-refractivity contribution in [3.05, 3.63) is 65.7 Å². The molecular formula is C19H18N4. The second kappa shape index (κ2) is 5.93. The molecule has 0 saturated heterocycles. The number of nitrogens with two attached hydrogens (primary N) is 2. The normalized spacial score (nSPS) is 10.5. The van der Waals surface area contributed by atoms with Crippen LogP contribution in [0.2, 0.25) is 0 Å². The first kappa shape index (κ1) is 14.8. The van der Waals surface area contributed by atoms with E-state index < -0.39 is 0 Å². The molecule has 2 aromatic carbocycles. The third kappa shape index (κ3) is 2.92. The van der Waals surface area contributed by atoms with Crippen LogP contribution in [0.15, 0.2) is 54.6 Å². The number of anilines is 2. The predicted molar refractivity (Wildman–Crippen MR) is 96.6 cm³/mol. The molecule has 4 nitrogen and oxygen atoms in total. The van der Waals surface area contributed by atoms with Crippen LogP contribution >= 0.6 is 0 Å². The van der Waals surface area contributed by atoms with Crippen molar-refractivity contribution >= 4 is 17.7 Å². The van der Waals surface area contributed by atoms with Gasteiger partial charge in [0.25, 0.3) is 0 Å². The highest BCUT2D eigenvalue weighted by molar-refractivity contribution is 5.90. The minimum absolute atomic E-state index is 0.480. The van der Waals surface area contributed by atoms with Gasteiger partial charge < -0.3 is 16.9 Å². The van der Waals surface area contributed by atoms with Crippen molar-refractivity contribution in [3.63, 3.8) is 0 Å². The zero-order valence-corrected chi connectivity index (χ0v) is 12.9. The standard InChI is InChI=1S/C19H18N4/c1-12-3-2-4-14(9-12)19-16(6-8-18(22)23-19)13-5-7-17(21)15(10-13)11-20/h2-11,20H,21H2,1H3,(H2,22,23). The Hall–Kier alpha value is -3.14. The van der Waals surface area contributed by atoms with Gasteiger partial charge in [-0.2, -0.15) is 0 Å². The Morgan fingerprint density at radius 1 is 0.957 bits per heavy atom. The molecule has 0 aliphatic rings. The molecule has 0 saturated carbocycles. The Balaban J connectivity index is 2.22. The minimum Gasteiger partial charge on any atom is -0.398 e. The fourth-order valence-corrected chi connectivity index (χ4v) is 2.59. The molecule has 3 aromatic rings. The lowest BCUT2D eigenvalue weighted by Crippen LogP contribution is -1.97. The summed E-state index contributed by atoms with van der Waals surface area (Å²) in [6, 6.07) is 17.6. The first-order chi connectivity index (χ1) is 11.1. The monoisotopic (exact) mass is 302 g/mol. The highest BCUT2D eigenvalue weighted by Gasteiger charge is 2.11. The van der Waals surface area contributed by atoms with Gasteiger partial charge in [-0.15, -0.1) is 0 Å². The van der Waals surface area contributed by atoms with Crippen molar-refractivity contribution in [1.29, 1.82) is 5.41 Å². The summed E-state index contributed by atoms with van der Waals surface area (Å²) < 4.78 is 0. The maximum absolute atomic E-state index is 7.48. The summed E-state index contributed by atoms with van der Waals surface area (Å²) in [5.41, 5.74) is 18.0. The number of nitrogens with one attached hydrogen (secondary N) is 1. The number of nitrogens with zero attached hydrogens (tertiary/aromatic N) is 1. The first-order valence-electron chi connectivity index (χ1n) is 7.32. The van der Waals surface area contributed by atoms with Crippen molar-refractivity contribution in [2.45, 2.75) is 6.92 Å². The summed E-state index contributed by atoms with van der Waals surface area (Å²) in [6.07, 6.45) is 1.26. The largest absolute Gasteiger partial charge is 0.398 e. The van der Waals surface area contributed by atoms with Gasteiger partial charge >= 0.3 is 0 Å². The molecule has 0 amide bonds. The van der Waals surface area contributed by atoms with Gasteiger partial charge in [0.15, 0.2) is 0 Å². The van der Waals surface area contributed by atoms with Crippen LogP contribution in [0.4, 0.5) is 11.5 Å². The van der Waals surface area contributed by atoms with E-state index in [1.165, 1.54) is 6.21 Å². The third-order valence-corrected chi connectivity index (χ3v) is 3.76. The van der Waals surface area contributed by atoms with E-state index in [0.29, 0.717) is 17.1 Å². The summed E-state index contributed by atoms with van der Waals surface area (Å²) >= 11 is 0. The van der Waals surface area contributed by atoms with Crippen molar-refractivity contribution in [1.82, 2.24) is 4.98 Å². The lowest BCUT2D eigenvalue weighted by molar-refractivity contribution is 1.32. The molecule has 1 heterocycles. The number of aryl methyl sites for hydroxylation is 1. The Bertz CT molecular complexity index is 884. The van der Waals surface area contributed by atoms with Gasteiger partial charge in [-0.05, 0) is 42.8 Å². The van der Waals surface area contributed by atoms with Crippen LogP contribution < -0.4 is 11.5 Å². The number of rotatable bonds is 3. The number of aromatic nitrogens is 1. The fraction of sp³-hybridized carbons (Fsp3) is 0.0526. The summed E-state index contributed by atoms with van der Waals surface area (Å²) in [7, 11) is 0. The van der Waals surface area contributed by atoms with Gasteiger partial charge in [-0.1, -0.05) is 29.8 Å². The van der Waals surface area contributed by atoms with Gasteiger partial charge in [0.1, 0.15) is 5.82 Å². The molecule has 0 radical (unpaired) electrons. The van der Waals surface area contributed by atoms with Crippen LogP contribution in [0.3, 0.4) is 0 Å². The highest BCUT2D eigenvalue weighted by Crippen LogP contribution is 2.33.